The summed E-state index contributed by atoms with van der Waals surface area (Å²) in [4.78, 5) is 4.20. The van der Waals surface area contributed by atoms with E-state index in [1.165, 1.54) is 0 Å². The van der Waals surface area contributed by atoms with Crippen molar-refractivity contribution in [2.24, 2.45) is 0 Å². The number of imidazole rings is 1. The highest BCUT2D eigenvalue weighted by Crippen LogP contribution is 2.72. The third-order valence-corrected chi connectivity index (χ3v) is 9.64. The Balaban J connectivity index is 3.53. The Labute approximate surface area is 169 Å². The van der Waals surface area contributed by atoms with Gasteiger partial charge in [0.1, 0.15) is 0 Å². The summed E-state index contributed by atoms with van der Waals surface area (Å²) in [7, 11) is -7.79. The first-order chi connectivity index (χ1) is 12.8. The summed E-state index contributed by atoms with van der Waals surface area (Å²) in [5.41, 5.74) is 0.785. The zero-order valence-corrected chi connectivity index (χ0v) is 20.3. The van der Waals surface area contributed by atoms with Crippen LogP contribution in [-0.2, 0) is 33.8 Å². The van der Waals surface area contributed by atoms with Crippen LogP contribution < -0.4 is 0 Å². The zero-order chi connectivity index (χ0) is 21.7. The summed E-state index contributed by atoms with van der Waals surface area (Å²) in [5, 5.41) is -1.14. The van der Waals surface area contributed by atoms with E-state index in [2.05, 4.69) is 4.98 Å². The quantitative estimate of drug-likeness (QED) is 0.392. The van der Waals surface area contributed by atoms with Crippen molar-refractivity contribution in [3.05, 3.63) is 18.2 Å². The molecule has 0 radical (unpaired) electrons. The molecule has 1 aromatic rings. The highest BCUT2D eigenvalue weighted by molar-refractivity contribution is 7.72. The minimum absolute atomic E-state index is 0.0638. The van der Waals surface area contributed by atoms with Crippen molar-refractivity contribution >= 4 is 15.2 Å². The molecular weight excluding hydrogens is 402 g/mol. The molecule has 0 unspecified atom stereocenters. The van der Waals surface area contributed by atoms with E-state index in [4.69, 9.17) is 18.1 Å². The van der Waals surface area contributed by atoms with Crippen molar-refractivity contribution in [3.63, 3.8) is 0 Å². The predicted molar refractivity (Wildman–Crippen MR) is 111 cm³/mol. The molecule has 0 aliphatic heterocycles. The molecule has 1 heterocycles. The summed E-state index contributed by atoms with van der Waals surface area (Å²) in [5.74, 6) is 0. The lowest BCUT2D eigenvalue weighted by molar-refractivity contribution is 0.121. The van der Waals surface area contributed by atoms with Gasteiger partial charge in [0.2, 0.25) is 0 Å². The highest BCUT2D eigenvalue weighted by atomic mass is 31.2. The average Bonchev–Trinajstić information content (AvgIpc) is 2.86. The molecule has 0 bridgehead atoms. The molecule has 8 nitrogen and oxygen atoms in total. The van der Waals surface area contributed by atoms with Crippen LogP contribution in [0.2, 0.25) is 0 Å². The molecule has 0 N–H and O–H groups in total. The van der Waals surface area contributed by atoms with E-state index >= 15 is 0 Å². The molecule has 164 valence electrons. The third kappa shape index (κ3) is 7.74. The standard InChI is InChI=1S/C18H36N2O6P2/c1-13(2)23-27(21,24-14(3)4)18(11-20-10-17(9)19-12-20)28(22,25-15(5)6)26-16(7)8/h10,12-16,18H,11H2,1-9H3. The van der Waals surface area contributed by atoms with Crippen LogP contribution >= 0.6 is 15.2 Å². The van der Waals surface area contributed by atoms with Crippen LogP contribution in [0.4, 0.5) is 0 Å². The Kier molecular flexibility index (Phi) is 9.59. The molecule has 28 heavy (non-hydrogen) atoms. The van der Waals surface area contributed by atoms with E-state index in [1.54, 1.807) is 72.5 Å². The van der Waals surface area contributed by atoms with Crippen LogP contribution in [0.5, 0.6) is 0 Å². The van der Waals surface area contributed by atoms with Gasteiger partial charge >= 0.3 is 15.2 Å². The van der Waals surface area contributed by atoms with Crippen molar-refractivity contribution < 1.29 is 27.2 Å². The van der Waals surface area contributed by atoms with Crippen molar-refractivity contribution in [3.8, 4) is 0 Å². The smallest absolute Gasteiger partial charge is 0.336 e. The molecule has 10 heteroatoms. The number of aromatic nitrogens is 2. The monoisotopic (exact) mass is 438 g/mol. The average molecular weight is 438 g/mol. The van der Waals surface area contributed by atoms with Crippen molar-refractivity contribution in [2.75, 3.05) is 0 Å². The van der Waals surface area contributed by atoms with Crippen LogP contribution in [0.1, 0.15) is 61.1 Å². The fraction of sp³-hybridized carbons (Fsp3) is 0.833. The fourth-order valence-corrected chi connectivity index (χ4v) is 8.47. The molecule has 0 saturated heterocycles. The molecule has 0 aliphatic carbocycles. The Morgan fingerprint density at radius 2 is 1.18 bits per heavy atom. The van der Waals surface area contributed by atoms with E-state index in [-0.39, 0.29) is 6.54 Å². The van der Waals surface area contributed by atoms with Gasteiger partial charge in [-0.25, -0.2) is 4.98 Å². The van der Waals surface area contributed by atoms with Crippen LogP contribution in [0.15, 0.2) is 12.5 Å². The Morgan fingerprint density at radius 1 is 0.821 bits per heavy atom. The molecule has 1 rings (SSSR count). The molecule has 0 aromatic carbocycles. The molecular formula is C18H36N2O6P2. The lowest BCUT2D eigenvalue weighted by Crippen LogP contribution is -2.26. The van der Waals surface area contributed by atoms with Gasteiger partial charge in [0.05, 0.1) is 36.4 Å². The predicted octanol–water partition coefficient (Wildman–Crippen LogP) is 5.60. The maximum atomic E-state index is 13.9. The molecule has 0 atom stereocenters. The van der Waals surface area contributed by atoms with Gasteiger partial charge in [-0.1, -0.05) is 0 Å². The van der Waals surface area contributed by atoms with Gasteiger partial charge < -0.3 is 22.7 Å². The minimum Gasteiger partial charge on any atom is -0.336 e. The number of nitrogens with zero attached hydrogens (tertiary/aromatic N) is 2. The lowest BCUT2D eigenvalue weighted by Gasteiger charge is -2.35. The summed E-state index contributed by atoms with van der Waals surface area (Å²) in [6.07, 6.45) is 1.77. The first-order valence-corrected chi connectivity index (χ1v) is 12.9. The Hall–Kier alpha value is -0.490. The van der Waals surface area contributed by atoms with Gasteiger partial charge in [-0.15, -0.1) is 0 Å². The van der Waals surface area contributed by atoms with Gasteiger partial charge in [0, 0.05) is 12.7 Å². The SMILES string of the molecule is Cc1cn(CC(P(=O)(OC(C)C)OC(C)C)P(=O)(OC(C)C)OC(C)C)cn1. The van der Waals surface area contributed by atoms with Crippen LogP contribution in [0.25, 0.3) is 0 Å². The zero-order valence-electron chi connectivity index (χ0n) is 18.5. The first-order valence-electron chi connectivity index (χ1n) is 9.68. The molecule has 1 aromatic heterocycles. The summed E-state index contributed by atoms with van der Waals surface area (Å²) >= 11 is 0. The normalized spacial score (nSPS) is 13.6. The molecule has 0 saturated carbocycles. The van der Waals surface area contributed by atoms with Crippen molar-refractivity contribution in [2.45, 2.75) is 98.7 Å². The second-order valence-electron chi connectivity index (χ2n) is 7.89. The summed E-state index contributed by atoms with van der Waals surface area (Å²) in [6, 6.07) is 0. The number of hydrogen-bond donors (Lipinski definition) is 0. The lowest BCUT2D eigenvalue weighted by atomic mass is 10.5. The molecule has 0 amide bonds. The maximum Gasteiger partial charge on any atom is 0.348 e. The number of hydrogen-bond acceptors (Lipinski definition) is 7. The minimum atomic E-state index is -3.89. The van der Waals surface area contributed by atoms with Crippen LogP contribution in [0, 0.1) is 6.92 Å². The van der Waals surface area contributed by atoms with E-state index in [9.17, 15) is 9.13 Å². The van der Waals surface area contributed by atoms with Gasteiger partial charge in [-0.2, -0.15) is 0 Å². The maximum absolute atomic E-state index is 13.9. The molecule has 0 fully saturated rings. The topological polar surface area (TPSA) is 88.9 Å². The van der Waals surface area contributed by atoms with E-state index in [1.807, 2.05) is 6.92 Å². The first kappa shape index (κ1) is 25.5. The van der Waals surface area contributed by atoms with Crippen LogP contribution in [0.3, 0.4) is 0 Å². The van der Waals surface area contributed by atoms with Crippen molar-refractivity contribution in [1.82, 2.24) is 9.55 Å². The van der Waals surface area contributed by atoms with Gasteiger partial charge in [-0.05, 0) is 62.3 Å². The van der Waals surface area contributed by atoms with E-state index < -0.39 is 45.0 Å². The Morgan fingerprint density at radius 3 is 1.43 bits per heavy atom. The largest absolute Gasteiger partial charge is 0.348 e. The molecule has 0 aliphatic rings. The second-order valence-corrected chi connectivity index (χ2v) is 12.5. The second kappa shape index (κ2) is 10.5. The third-order valence-electron chi connectivity index (χ3n) is 3.30. The molecule has 0 spiro atoms. The highest BCUT2D eigenvalue weighted by Gasteiger charge is 2.53. The number of rotatable bonds is 12. The van der Waals surface area contributed by atoms with Gasteiger partial charge in [-0.3, -0.25) is 9.13 Å². The summed E-state index contributed by atoms with van der Waals surface area (Å²) in [6.45, 7) is 16.0. The van der Waals surface area contributed by atoms with E-state index in [0.717, 1.165) is 5.69 Å². The van der Waals surface area contributed by atoms with Gasteiger partial charge in [0.25, 0.3) is 0 Å². The summed E-state index contributed by atoms with van der Waals surface area (Å²) < 4.78 is 52.7. The van der Waals surface area contributed by atoms with E-state index in [0.29, 0.717) is 0 Å². The van der Waals surface area contributed by atoms with Crippen LogP contribution in [-0.4, -0.2) is 39.4 Å². The van der Waals surface area contributed by atoms with Crippen molar-refractivity contribution in [1.29, 1.82) is 0 Å². The Bertz CT molecular complexity index is 636. The fourth-order valence-electron chi connectivity index (χ4n) is 2.64. The van der Waals surface area contributed by atoms with Gasteiger partial charge in [0.15, 0.2) is 5.40 Å². The number of aryl methyl sites for hydroxylation is 1.